The number of H-pyrrole nitrogens is 1. The number of nitrogen functional groups attached to an aromatic ring is 1. The average Bonchev–Trinajstić information content (AvgIpc) is 2.65. The third kappa shape index (κ3) is 1.72. The molecular weight excluding hydrogens is 178 g/mol. The Balaban J connectivity index is 2.14. The van der Waals surface area contributed by atoms with Crippen molar-refractivity contribution < 1.29 is 0 Å². The van der Waals surface area contributed by atoms with E-state index in [0.717, 1.165) is 18.8 Å². The fourth-order valence-electron chi connectivity index (χ4n) is 2.30. The van der Waals surface area contributed by atoms with E-state index in [1.807, 2.05) is 0 Å². The number of rotatable bonds is 2. The van der Waals surface area contributed by atoms with E-state index >= 15 is 0 Å². The van der Waals surface area contributed by atoms with Crippen LogP contribution in [0, 0.1) is 5.92 Å². The minimum atomic E-state index is 0.335. The van der Waals surface area contributed by atoms with Crippen LogP contribution in [0.15, 0.2) is 0 Å². The lowest BCUT2D eigenvalue weighted by Gasteiger charge is -2.28. The monoisotopic (exact) mass is 195 g/mol. The van der Waals surface area contributed by atoms with Crippen LogP contribution in [0.3, 0.4) is 0 Å². The number of hydrogen-bond acceptors (Lipinski definition) is 4. The summed E-state index contributed by atoms with van der Waals surface area (Å²) in [5.74, 6) is 2.22. The topological polar surface area (TPSA) is 93.6 Å². The van der Waals surface area contributed by atoms with E-state index < -0.39 is 0 Å². The predicted octanol–water partition coefficient (Wildman–Crippen LogP) is 0.619. The molecule has 14 heavy (non-hydrogen) atoms. The van der Waals surface area contributed by atoms with Crippen molar-refractivity contribution in [1.29, 1.82) is 0 Å². The normalized spacial score (nSPS) is 27.8. The van der Waals surface area contributed by atoms with Gasteiger partial charge >= 0.3 is 0 Å². The molecule has 0 radical (unpaired) electrons. The number of hydrogen-bond donors (Lipinski definition) is 3. The molecule has 0 bridgehead atoms. The molecule has 1 aliphatic rings. The van der Waals surface area contributed by atoms with Crippen LogP contribution in [0.5, 0.6) is 0 Å². The van der Waals surface area contributed by atoms with Crippen molar-refractivity contribution in [2.45, 2.75) is 31.6 Å². The van der Waals surface area contributed by atoms with Crippen LogP contribution in [0.25, 0.3) is 0 Å². The zero-order valence-corrected chi connectivity index (χ0v) is 8.24. The summed E-state index contributed by atoms with van der Waals surface area (Å²) in [5.41, 5.74) is 11.2. The number of aromatic amines is 1. The van der Waals surface area contributed by atoms with Gasteiger partial charge in [-0.05, 0) is 25.3 Å². The Morgan fingerprint density at radius 1 is 1.36 bits per heavy atom. The fraction of sp³-hybridized carbons (Fsp3) is 0.778. The van der Waals surface area contributed by atoms with Gasteiger partial charge in [-0.1, -0.05) is 12.8 Å². The van der Waals surface area contributed by atoms with Crippen LogP contribution in [0.1, 0.15) is 37.4 Å². The third-order valence-electron chi connectivity index (χ3n) is 3.08. The van der Waals surface area contributed by atoms with Crippen molar-refractivity contribution in [3.8, 4) is 0 Å². The van der Waals surface area contributed by atoms with Crippen molar-refractivity contribution >= 4 is 5.95 Å². The lowest BCUT2D eigenvalue weighted by atomic mass is 9.79. The van der Waals surface area contributed by atoms with Gasteiger partial charge < -0.3 is 11.5 Å². The van der Waals surface area contributed by atoms with Gasteiger partial charge in [-0.2, -0.15) is 4.98 Å². The van der Waals surface area contributed by atoms with Crippen LogP contribution in [0.4, 0.5) is 5.95 Å². The van der Waals surface area contributed by atoms with Crippen molar-refractivity contribution in [2.75, 3.05) is 12.3 Å². The summed E-state index contributed by atoms with van der Waals surface area (Å²) in [6, 6.07) is 0. The van der Waals surface area contributed by atoms with Gasteiger partial charge in [0.15, 0.2) is 0 Å². The number of nitrogens with two attached hydrogens (primary N) is 2. The van der Waals surface area contributed by atoms with E-state index in [0.29, 0.717) is 17.8 Å². The smallest absolute Gasteiger partial charge is 0.239 e. The SMILES string of the molecule is NCC1CCCCC1c1nc(N)n[nH]1. The van der Waals surface area contributed by atoms with Gasteiger partial charge in [0.1, 0.15) is 5.82 Å². The number of aromatic nitrogens is 3. The fourth-order valence-corrected chi connectivity index (χ4v) is 2.30. The molecule has 78 valence electrons. The molecule has 1 aliphatic carbocycles. The number of anilines is 1. The Morgan fingerprint density at radius 3 is 2.79 bits per heavy atom. The first-order valence-electron chi connectivity index (χ1n) is 5.19. The molecule has 2 unspecified atom stereocenters. The molecule has 1 aromatic rings. The van der Waals surface area contributed by atoms with E-state index in [2.05, 4.69) is 15.2 Å². The Bertz CT molecular complexity index is 295. The van der Waals surface area contributed by atoms with Gasteiger partial charge in [0.2, 0.25) is 5.95 Å². The molecule has 2 rings (SSSR count). The van der Waals surface area contributed by atoms with E-state index in [-0.39, 0.29) is 0 Å². The lowest BCUT2D eigenvalue weighted by Crippen LogP contribution is -2.26. The van der Waals surface area contributed by atoms with Crippen molar-refractivity contribution in [3.05, 3.63) is 5.82 Å². The van der Waals surface area contributed by atoms with Gasteiger partial charge in [-0.3, -0.25) is 5.10 Å². The number of nitrogens with zero attached hydrogens (tertiary/aromatic N) is 2. The molecule has 0 saturated heterocycles. The van der Waals surface area contributed by atoms with E-state index in [4.69, 9.17) is 11.5 Å². The highest BCUT2D eigenvalue weighted by Crippen LogP contribution is 2.35. The second kappa shape index (κ2) is 3.96. The molecule has 2 atom stereocenters. The first-order chi connectivity index (χ1) is 6.81. The zero-order chi connectivity index (χ0) is 9.97. The Hall–Kier alpha value is -1.10. The second-order valence-electron chi connectivity index (χ2n) is 3.97. The lowest BCUT2D eigenvalue weighted by molar-refractivity contribution is 0.305. The molecule has 1 saturated carbocycles. The van der Waals surface area contributed by atoms with E-state index in [1.165, 1.54) is 19.3 Å². The summed E-state index contributed by atoms with van der Waals surface area (Å²) < 4.78 is 0. The summed E-state index contributed by atoms with van der Waals surface area (Å²) in [7, 11) is 0. The average molecular weight is 195 g/mol. The van der Waals surface area contributed by atoms with E-state index in [9.17, 15) is 0 Å². The van der Waals surface area contributed by atoms with Gasteiger partial charge in [0, 0.05) is 5.92 Å². The molecule has 5 nitrogen and oxygen atoms in total. The highest BCUT2D eigenvalue weighted by Gasteiger charge is 2.27. The quantitative estimate of drug-likeness (QED) is 0.644. The van der Waals surface area contributed by atoms with Crippen molar-refractivity contribution in [2.24, 2.45) is 11.7 Å². The maximum Gasteiger partial charge on any atom is 0.239 e. The van der Waals surface area contributed by atoms with Crippen LogP contribution in [-0.2, 0) is 0 Å². The van der Waals surface area contributed by atoms with Gasteiger partial charge in [-0.15, -0.1) is 5.10 Å². The first-order valence-corrected chi connectivity index (χ1v) is 5.19. The van der Waals surface area contributed by atoms with Crippen LogP contribution >= 0.6 is 0 Å². The predicted molar refractivity (Wildman–Crippen MR) is 54.5 cm³/mol. The zero-order valence-electron chi connectivity index (χ0n) is 8.24. The second-order valence-corrected chi connectivity index (χ2v) is 3.97. The summed E-state index contributed by atoms with van der Waals surface area (Å²) in [6.07, 6.45) is 4.88. The Kier molecular flexibility index (Phi) is 2.67. The minimum absolute atomic E-state index is 0.335. The molecule has 0 amide bonds. The molecule has 1 heterocycles. The maximum atomic E-state index is 5.74. The molecule has 5 heteroatoms. The minimum Gasteiger partial charge on any atom is -0.367 e. The summed E-state index contributed by atoms with van der Waals surface area (Å²) in [6.45, 7) is 0.727. The summed E-state index contributed by atoms with van der Waals surface area (Å²) in [5, 5.41) is 6.76. The van der Waals surface area contributed by atoms with E-state index in [1.54, 1.807) is 0 Å². The molecule has 1 fully saturated rings. The van der Waals surface area contributed by atoms with Gasteiger partial charge in [-0.25, -0.2) is 0 Å². The van der Waals surface area contributed by atoms with Gasteiger partial charge in [0.25, 0.3) is 0 Å². The molecule has 0 spiro atoms. The molecule has 0 aromatic carbocycles. The summed E-state index contributed by atoms with van der Waals surface area (Å²) in [4.78, 5) is 4.19. The van der Waals surface area contributed by atoms with Crippen molar-refractivity contribution in [1.82, 2.24) is 15.2 Å². The Labute approximate surface area is 83.3 Å². The number of nitrogens with one attached hydrogen (secondary N) is 1. The largest absolute Gasteiger partial charge is 0.367 e. The highest BCUT2D eigenvalue weighted by atomic mass is 15.3. The maximum absolute atomic E-state index is 5.74. The molecule has 0 aliphatic heterocycles. The van der Waals surface area contributed by atoms with Crippen LogP contribution in [0.2, 0.25) is 0 Å². The molecule has 5 N–H and O–H groups in total. The van der Waals surface area contributed by atoms with Crippen LogP contribution in [-0.4, -0.2) is 21.7 Å². The Morgan fingerprint density at radius 2 is 2.14 bits per heavy atom. The molecular formula is C9H17N5. The van der Waals surface area contributed by atoms with Crippen molar-refractivity contribution in [3.63, 3.8) is 0 Å². The summed E-state index contributed by atoms with van der Waals surface area (Å²) >= 11 is 0. The first kappa shape index (κ1) is 9.45. The van der Waals surface area contributed by atoms with Gasteiger partial charge in [0.05, 0.1) is 0 Å². The highest BCUT2D eigenvalue weighted by molar-refractivity contribution is 5.15. The standard InChI is InChI=1S/C9H17N5/c10-5-6-3-1-2-4-7(6)8-12-9(11)14-13-8/h6-7H,1-5,10H2,(H3,11,12,13,14). The molecule has 1 aromatic heterocycles. The third-order valence-corrected chi connectivity index (χ3v) is 3.08. The van der Waals surface area contributed by atoms with Crippen LogP contribution < -0.4 is 11.5 Å².